The van der Waals surface area contributed by atoms with Crippen molar-refractivity contribution in [1.82, 2.24) is 15.0 Å². The Bertz CT molecular complexity index is 293. The molecule has 0 fully saturated rings. The molecule has 0 aromatic carbocycles. The number of Topliss-reactive ketones (excluding diaryl/α,β-unsaturated/α-hetero) is 1. The quantitative estimate of drug-likeness (QED) is 0.692. The minimum Gasteiger partial charge on any atom is -0.300 e. The van der Waals surface area contributed by atoms with Crippen LogP contribution in [0.25, 0.3) is 0 Å². The van der Waals surface area contributed by atoms with Gasteiger partial charge in [-0.15, -0.1) is 5.10 Å². The predicted octanol–water partition coefficient (Wildman–Crippen LogP) is 1.60. The fraction of sp³-hybridized carbons (Fsp3) is 0.700. The highest BCUT2D eigenvalue weighted by Gasteiger charge is 2.05. The van der Waals surface area contributed by atoms with Gasteiger partial charge in [0.2, 0.25) is 0 Å². The van der Waals surface area contributed by atoms with Crippen LogP contribution in [0.2, 0.25) is 0 Å². The molecule has 0 aliphatic heterocycles. The number of nitrogens with zero attached hydrogens (tertiary/aromatic N) is 3. The molecule has 4 nitrogen and oxygen atoms in total. The molecular weight excluding hydrogens is 178 g/mol. The first-order valence-corrected chi connectivity index (χ1v) is 5.17. The summed E-state index contributed by atoms with van der Waals surface area (Å²) < 4.78 is 1.88. The zero-order chi connectivity index (χ0) is 10.4. The van der Waals surface area contributed by atoms with Gasteiger partial charge in [-0.05, 0) is 12.8 Å². The minimum absolute atomic E-state index is 0.300. The normalized spacial score (nSPS) is 10.4. The van der Waals surface area contributed by atoms with Gasteiger partial charge in [0.25, 0.3) is 0 Å². The second-order valence-corrected chi connectivity index (χ2v) is 3.34. The van der Waals surface area contributed by atoms with Crippen LogP contribution in [0, 0.1) is 0 Å². The Hall–Kier alpha value is -1.19. The smallest absolute Gasteiger partial charge is 0.133 e. The Labute approximate surface area is 84.3 Å². The number of aromatic nitrogens is 3. The van der Waals surface area contributed by atoms with Gasteiger partial charge in [-0.2, -0.15) is 0 Å². The molecule has 1 rings (SSSR count). The Morgan fingerprint density at radius 3 is 2.93 bits per heavy atom. The van der Waals surface area contributed by atoms with Crippen molar-refractivity contribution in [1.29, 1.82) is 0 Å². The second-order valence-electron chi connectivity index (χ2n) is 3.34. The maximum absolute atomic E-state index is 11.1. The van der Waals surface area contributed by atoms with E-state index in [2.05, 4.69) is 17.2 Å². The predicted molar refractivity (Wildman–Crippen MR) is 53.9 cm³/mol. The Kier molecular flexibility index (Phi) is 4.29. The fourth-order valence-electron chi connectivity index (χ4n) is 1.32. The van der Waals surface area contributed by atoms with E-state index in [1.165, 1.54) is 0 Å². The number of aryl methyl sites for hydroxylation is 2. The molecule has 0 bridgehead atoms. The maximum atomic E-state index is 11.1. The van der Waals surface area contributed by atoms with Gasteiger partial charge < -0.3 is 0 Å². The van der Waals surface area contributed by atoms with Crippen LogP contribution in [0.15, 0.2) is 6.20 Å². The van der Waals surface area contributed by atoms with Crippen molar-refractivity contribution < 1.29 is 4.79 Å². The summed E-state index contributed by atoms with van der Waals surface area (Å²) in [4.78, 5) is 11.1. The standard InChI is InChI=1S/C10H17N3O/c1-3-7-13-9(8-11-12-13)5-6-10(14)4-2/h8H,3-7H2,1-2H3. The first-order chi connectivity index (χ1) is 6.77. The third-order valence-corrected chi connectivity index (χ3v) is 2.19. The summed E-state index contributed by atoms with van der Waals surface area (Å²) >= 11 is 0. The number of rotatable bonds is 6. The second kappa shape index (κ2) is 5.52. The van der Waals surface area contributed by atoms with Crippen molar-refractivity contribution in [2.24, 2.45) is 0 Å². The summed E-state index contributed by atoms with van der Waals surface area (Å²) in [6, 6.07) is 0. The summed E-state index contributed by atoms with van der Waals surface area (Å²) in [5, 5.41) is 7.81. The zero-order valence-electron chi connectivity index (χ0n) is 8.86. The van der Waals surface area contributed by atoms with E-state index in [0.29, 0.717) is 18.6 Å². The summed E-state index contributed by atoms with van der Waals surface area (Å²) in [5.41, 5.74) is 1.06. The number of carbonyl (C=O) groups is 1. The molecule has 0 radical (unpaired) electrons. The highest BCUT2D eigenvalue weighted by Crippen LogP contribution is 2.03. The van der Waals surface area contributed by atoms with Gasteiger partial charge >= 0.3 is 0 Å². The molecule has 0 atom stereocenters. The van der Waals surface area contributed by atoms with Gasteiger partial charge in [0.1, 0.15) is 5.78 Å². The molecule has 0 unspecified atom stereocenters. The largest absolute Gasteiger partial charge is 0.300 e. The van der Waals surface area contributed by atoms with E-state index in [0.717, 1.165) is 25.1 Å². The van der Waals surface area contributed by atoms with E-state index in [1.54, 1.807) is 6.20 Å². The van der Waals surface area contributed by atoms with Crippen molar-refractivity contribution in [2.75, 3.05) is 0 Å². The number of hydrogen-bond donors (Lipinski definition) is 0. The highest BCUT2D eigenvalue weighted by atomic mass is 16.1. The maximum Gasteiger partial charge on any atom is 0.133 e. The topological polar surface area (TPSA) is 47.8 Å². The molecule has 1 aromatic heterocycles. The lowest BCUT2D eigenvalue weighted by atomic mass is 10.1. The lowest BCUT2D eigenvalue weighted by molar-refractivity contribution is -0.118. The lowest BCUT2D eigenvalue weighted by Crippen LogP contribution is -2.06. The first kappa shape index (κ1) is 10.9. The van der Waals surface area contributed by atoms with Crippen LogP contribution < -0.4 is 0 Å². The van der Waals surface area contributed by atoms with Gasteiger partial charge in [0.05, 0.1) is 11.9 Å². The highest BCUT2D eigenvalue weighted by molar-refractivity contribution is 5.78. The van der Waals surface area contributed by atoms with Crippen LogP contribution in [0.1, 0.15) is 38.8 Å². The molecule has 1 aromatic rings. The van der Waals surface area contributed by atoms with Gasteiger partial charge in [-0.1, -0.05) is 19.1 Å². The molecule has 0 saturated heterocycles. The van der Waals surface area contributed by atoms with Crippen molar-refractivity contribution in [3.05, 3.63) is 11.9 Å². The summed E-state index contributed by atoms with van der Waals surface area (Å²) in [6.07, 6.45) is 4.78. The Balaban J connectivity index is 2.49. The van der Waals surface area contributed by atoms with Gasteiger partial charge in [0.15, 0.2) is 0 Å². The molecule has 0 aliphatic rings. The summed E-state index contributed by atoms with van der Waals surface area (Å²) in [5.74, 6) is 0.300. The number of ketones is 1. The average molecular weight is 195 g/mol. The SMILES string of the molecule is CCCn1nncc1CCC(=O)CC. The van der Waals surface area contributed by atoms with E-state index in [4.69, 9.17) is 0 Å². The third-order valence-electron chi connectivity index (χ3n) is 2.19. The van der Waals surface area contributed by atoms with E-state index in [-0.39, 0.29) is 0 Å². The molecular formula is C10H17N3O. The molecule has 0 N–H and O–H groups in total. The number of hydrogen-bond acceptors (Lipinski definition) is 3. The molecule has 4 heteroatoms. The van der Waals surface area contributed by atoms with Crippen LogP contribution in [-0.4, -0.2) is 20.8 Å². The van der Waals surface area contributed by atoms with E-state index < -0.39 is 0 Å². The summed E-state index contributed by atoms with van der Waals surface area (Å²) in [7, 11) is 0. The molecule has 0 amide bonds. The molecule has 14 heavy (non-hydrogen) atoms. The zero-order valence-corrected chi connectivity index (χ0v) is 8.86. The van der Waals surface area contributed by atoms with Crippen LogP contribution in [0.4, 0.5) is 0 Å². The van der Waals surface area contributed by atoms with E-state index >= 15 is 0 Å². The van der Waals surface area contributed by atoms with E-state index in [1.807, 2.05) is 11.6 Å². The fourth-order valence-corrected chi connectivity index (χ4v) is 1.32. The van der Waals surface area contributed by atoms with Crippen molar-refractivity contribution >= 4 is 5.78 Å². The number of carbonyl (C=O) groups excluding carboxylic acids is 1. The van der Waals surface area contributed by atoms with Gasteiger partial charge in [-0.3, -0.25) is 4.79 Å². The Morgan fingerprint density at radius 2 is 2.29 bits per heavy atom. The van der Waals surface area contributed by atoms with Crippen LogP contribution in [0.5, 0.6) is 0 Å². The van der Waals surface area contributed by atoms with Crippen molar-refractivity contribution in [2.45, 2.75) is 46.1 Å². The van der Waals surface area contributed by atoms with E-state index in [9.17, 15) is 4.79 Å². The van der Waals surface area contributed by atoms with Crippen molar-refractivity contribution in [3.8, 4) is 0 Å². The van der Waals surface area contributed by atoms with Gasteiger partial charge in [0, 0.05) is 19.4 Å². The summed E-state index contributed by atoms with van der Waals surface area (Å²) in [6.45, 7) is 4.88. The monoisotopic (exact) mass is 195 g/mol. The molecule has 0 spiro atoms. The third kappa shape index (κ3) is 2.94. The molecule has 0 saturated carbocycles. The van der Waals surface area contributed by atoms with Crippen LogP contribution in [-0.2, 0) is 17.8 Å². The first-order valence-electron chi connectivity index (χ1n) is 5.17. The average Bonchev–Trinajstić information content (AvgIpc) is 2.62. The van der Waals surface area contributed by atoms with Crippen LogP contribution in [0.3, 0.4) is 0 Å². The van der Waals surface area contributed by atoms with Crippen molar-refractivity contribution in [3.63, 3.8) is 0 Å². The minimum atomic E-state index is 0.300. The van der Waals surface area contributed by atoms with Crippen LogP contribution >= 0.6 is 0 Å². The molecule has 78 valence electrons. The molecule has 0 aliphatic carbocycles. The molecule has 1 heterocycles. The lowest BCUT2D eigenvalue weighted by Gasteiger charge is -2.02. The van der Waals surface area contributed by atoms with Gasteiger partial charge in [-0.25, -0.2) is 4.68 Å². The Morgan fingerprint density at radius 1 is 1.50 bits per heavy atom.